The van der Waals surface area contributed by atoms with Crippen molar-refractivity contribution in [1.29, 1.82) is 0 Å². The molecule has 1 aromatic heterocycles. The second-order valence-corrected chi connectivity index (χ2v) is 6.89. The summed E-state index contributed by atoms with van der Waals surface area (Å²) in [5.74, 6) is -0.0171. The average Bonchev–Trinajstić information content (AvgIpc) is 3.00. The molecule has 1 amide bonds. The van der Waals surface area contributed by atoms with Crippen molar-refractivity contribution >= 4 is 40.4 Å². The number of halogens is 2. The Morgan fingerprint density at radius 2 is 2.23 bits per heavy atom. The number of amides is 1. The molecule has 1 aliphatic heterocycles. The summed E-state index contributed by atoms with van der Waals surface area (Å²) >= 11 is 13.4. The number of carbonyl (C=O) groups is 1. The van der Waals surface area contributed by atoms with Gasteiger partial charge >= 0.3 is 0 Å². The number of benzene rings is 1. The van der Waals surface area contributed by atoms with Gasteiger partial charge in [0.2, 0.25) is 0 Å². The molecule has 2 aromatic rings. The van der Waals surface area contributed by atoms with E-state index in [1.54, 1.807) is 17.5 Å². The topological polar surface area (TPSA) is 45.2 Å². The van der Waals surface area contributed by atoms with Crippen LogP contribution in [0.4, 0.5) is 0 Å². The molecular weight excluding hydrogens is 341 g/mol. The average molecular weight is 356 g/mol. The van der Waals surface area contributed by atoms with Crippen LogP contribution in [0, 0.1) is 0 Å². The summed E-state index contributed by atoms with van der Waals surface area (Å²) in [5.41, 5.74) is 1.35. The van der Waals surface area contributed by atoms with Gasteiger partial charge in [-0.2, -0.15) is 0 Å². The SMILES string of the molecule is CC1CNCCN1C(=O)c1csc(-c2ccc(Cl)c(Cl)c2)n1. The fraction of sp³-hybridized carbons (Fsp3) is 0.333. The van der Waals surface area contributed by atoms with E-state index in [1.165, 1.54) is 11.3 Å². The molecule has 3 rings (SSSR count). The molecule has 1 saturated heterocycles. The molecule has 116 valence electrons. The summed E-state index contributed by atoms with van der Waals surface area (Å²) in [4.78, 5) is 18.9. The minimum atomic E-state index is -0.0171. The highest BCUT2D eigenvalue weighted by Gasteiger charge is 2.25. The third-order valence-electron chi connectivity index (χ3n) is 3.65. The molecule has 1 atom stereocenters. The highest BCUT2D eigenvalue weighted by Crippen LogP contribution is 2.30. The number of thiazole rings is 1. The number of hydrogen-bond acceptors (Lipinski definition) is 4. The van der Waals surface area contributed by atoms with Crippen LogP contribution < -0.4 is 5.32 Å². The smallest absolute Gasteiger partial charge is 0.273 e. The van der Waals surface area contributed by atoms with Crippen LogP contribution in [0.1, 0.15) is 17.4 Å². The van der Waals surface area contributed by atoms with E-state index in [-0.39, 0.29) is 11.9 Å². The third-order valence-corrected chi connectivity index (χ3v) is 5.28. The van der Waals surface area contributed by atoms with Crippen molar-refractivity contribution in [2.24, 2.45) is 0 Å². The van der Waals surface area contributed by atoms with Crippen LogP contribution in [0.3, 0.4) is 0 Å². The van der Waals surface area contributed by atoms with Gasteiger partial charge in [0.05, 0.1) is 10.0 Å². The molecule has 4 nitrogen and oxygen atoms in total. The molecule has 1 aliphatic rings. The Morgan fingerprint density at radius 1 is 1.41 bits per heavy atom. The van der Waals surface area contributed by atoms with E-state index in [2.05, 4.69) is 10.3 Å². The molecule has 0 radical (unpaired) electrons. The maximum absolute atomic E-state index is 12.6. The third kappa shape index (κ3) is 3.13. The molecule has 7 heteroatoms. The van der Waals surface area contributed by atoms with Gasteiger partial charge in [-0.05, 0) is 19.1 Å². The molecule has 2 heterocycles. The van der Waals surface area contributed by atoms with Crippen LogP contribution in [-0.2, 0) is 0 Å². The lowest BCUT2D eigenvalue weighted by Gasteiger charge is -2.33. The molecule has 0 saturated carbocycles. The predicted octanol–water partition coefficient (Wildman–Crippen LogP) is 3.55. The maximum atomic E-state index is 12.6. The van der Waals surface area contributed by atoms with Crippen LogP contribution in [0.5, 0.6) is 0 Å². The van der Waals surface area contributed by atoms with Gasteiger partial charge in [0, 0.05) is 36.6 Å². The molecule has 0 bridgehead atoms. The van der Waals surface area contributed by atoms with Gasteiger partial charge < -0.3 is 10.2 Å². The number of carbonyl (C=O) groups excluding carboxylic acids is 1. The molecule has 22 heavy (non-hydrogen) atoms. The van der Waals surface area contributed by atoms with Gasteiger partial charge in [-0.15, -0.1) is 11.3 Å². The van der Waals surface area contributed by atoms with E-state index in [9.17, 15) is 4.79 Å². The van der Waals surface area contributed by atoms with Gasteiger partial charge in [-0.25, -0.2) is 4.98 Å². The predicted molar refractivity (Wildman–Crippen MR) is 90.9 cm³/mol. The van der Waals surface area contributed by atoms with Gasteiger partial charge in [-0.1, -0.05) is 29.3 Å². The molecular formula is C15H15Cl2N3OS. The van der Waals surface area contributed by atoms with Gasteiger partial charge in [0.1, 0.15) is 10.7 Å². The molecule has 0 spiro atoms. The van der Waals surface area contributed by atoms with Crippen molar-refractivity contribution < 1.29 is 4.79 Å². The van der Waals surface area contributed by atoms with E-state index < -0.39 is 0 Å². The Bertz CT molecular complexity index is 704. The number of nitrogens with zero attached hydrogens (tertiary/aromatic N) is 2. The monoisotopic (exact) mass is 355 g/mol. The molecule has 0 aliphatic carbocycles. The minimum Gasteiger partial charge on any atom is -0.332 e. The van der Waals surface area contributed by atoms with Gasteiger partial charge in [0.25, 0.3) is 5.91 Å². The lowest BCUT2D eigenvalue weighted by molar-refractivity contribution is 0.0650. The summed E-state index contributed by atoms with van der Waals surface area (Å²) < 4.78 is 0. The van der Waals surface area contributed by atoms with Crippen molar-refractivity contribution in [1.82, 2.24) is 15.2 Å². The van der Waals surface area contributed by atoms with Crippen molar-refractivity contribution in [3.05, 3.63) is 39.3 Å². The lowest BCUT2D eigenvalue weighted by Crippen LogP contribution is -2.52. The van der Waals surface area contributed by atoms with Crippen LogP contribution >= 0.6 is 34.5 Å². The number of piperazine rings is 1. The summed E-state index contributed by atoms with van der Waals surface area (Å²) in [6.45, 7) is 4.38. The van der Waals surface area contributed by atoms with E-state index in [4.69, 9.17) is 23.2 Å². The number of hydrogen-bond donors (Lipinski definition) is 1. The first kappa shape index (κ1) is 15.7. The van der Waals surface area contributed by atoms with E-state index in [0.717, 1.165) is 23.7 Å². The van der Waals surface area contributed by atoms with Crippen LogP contribution in [0.2, 0.25) is 10.0 Å². The molecule has 1 aromatic carbocycles. The number of rotatable bonds is 2. The summed E-state index contributed by atoms with van der Waals surface area (Å²) in [6.07, 6.45) is 0. The minimum absolute atomic E-state index is 0.0171. The zero-order chi connectivity index (χ0) is 15.7. The van der Waals surface area contributed by atoms with Crippen LogP contribution in [0.15, 0.2) is 23.6 Å². The van der Waals surface area contributed by atoms with Crippen molar-refractivity contribution in [3.8, 4) is 10.6 Å². The molecule has 1 N–H and O–H groups in total. The highest BCUT2D eigenvalue weighted by atomic mass is 35.5. The second-order valence-electron chi connectivity index (χ2n) is 5.22. The van der Waals surface area contributed by atoms with E-state index in [1.807, 2.05) is 17.9 Å². The number of aromatic nitrogens is 1. The van der Waals surface area contributed by atoms with E-state index in [0.29, 0.717) is 22.3 Å². The first-order valence-corrected chi connectivity index (χ1v) is 8.62. The lowest BCUT2D eigenvalue weighted by atomic mass is 10.2. The Labute approximate surface area is 143 Å². The summed E-state index contributed by atoms with van der Waals surface area (Å²) in [5, 5.41) is 6.83. The standard InChI is InChI=1S/C15H15Cl2N3OS/c1-9-7-18-4-5-20(9)15(21)13-8-22-14(19-13)10-2-3-11(16)12(17)6-10/h2-3,6,8-9,18H,4-5,7H2,1H3. The second kappa shape index (κ2) is 6.54. The van der Waals surface area contributed by atoms with Crippen LogP contribution in [0.25, 0.3) is 10.6 Å². The van der Waals surface area contributed by atoms with Crippen LogP contribution in [-0.4, -0.2) is 41.5 Å². The first-order valence-electron chi connectivity index (χ1n) is 6.99. The van der Waals surface area contributed by atoms with Crippen molar-refractivity contribution in [2.45, 2.75) is 13.0 Å². The quantitative estimate of drug-likeness (QED) is 0.895. The van der Waals surface area contributed by atoms with E-state index >= 15 is 0 Å². The zero-order valence-electron chi connectivity index (χ0n) is 12.0. The van der Waals surface area contributed by atoms with Gasteiger partial charge in [-0.3, -0.25) is 4.79 Å². The van der Waals surface area contributed by atoms with Gasteiger partial charge in [0.15, 0.2) is 0 Å². The Balaban J connectivity index is 1.83. The van der Waals surface area contributed by atoms with Crippen molar-refractivity contribution in [2.75, 3.05) is 19.6 Å². The summed E-state index contributed by atoms with van der Waals surface area (Å²) in [7, 11) is 0. The Hall–Kier alpha value is -1.14. The normalized spacial score (nSPS) is 18.5. The maximum Gasteiger partial charge on any atom is 0.273 e. The number of nitrogens with one attached hydrogen (secondary N) is 1. The largest absolute Gasteiger partial charge is 0.332 e. The first-order chi connectivity index (χ1) is 10.6. The molecule has 1 unspecified atom stereocenters. The highest BCUT2D eigenvalue weighted by molar-refractivity contribution is 7.13. The van der Waals surface area contributed by atoms with Crippen molar-refractivity contribution in [3.63, 3.8) is 0 Å². The Kier molecular flexibility index (Phi) is 4.68. The summed E-state index contributed by atoms with van der Waals surface area (Å²) in [6, 6.07) is 5.54. The fourth-order valence-electron chi connectivity index (χ4n) is 2.42. The molecule has 1 fully saturated rings. The fourth-order valence-corrected chi connectivity index (χ4v) is 3.51. The Morgan fingerprint density at radius 3 is 2.95 bits per heavy atom. The zero-order valence-corrected chi connectivity index (χ0v) is 14.3.